The van der Waals surface area contributed by atoms with Gasteiger partial charge >= 0.3 is 0 Å². The van der Waals surface area contributed by atoms with Crippen molar-refractivity contribution >= 4 is 17.0 Å². The van der Waals surface area contributed by atoms with E-state index >= 15 is 0 Å². The molecule has 2 N–H and O–H groups in total. The van der Waals surface area contributed by atoms with Crippen LogP contribution in [0.3, 0.4) is 0 Å². The summed E-state index contributed by atoms with van der Waals surface area (Å²) in [6.07, 6.45) is 2.76. The number of aromatic nitrogens is 4. The number of rotatable bonds is 8. The number of nitrogens with zero attached hydrogens (tertiary/aromatic N) is 6. The molecule has 0 bridgehead atoms. The Bertz CT molecular complexity index is 947. The first-order valence-electron chi connectivity index (χ1n) is 10.2. The maximum absolute atomic E-state index is 9.77. The summed E-state index contributed by atoms with van der Waals surface area (Å²) in [5.41, 5.74) is 2.68. The Hall–Kier alpha value is -2.59. The summed E-state index contributed by atoms with van der Waals surface area (Å²) in [5.74, 6) is 0.719. The lowest BCUT2D eigenvalue weighted by atomic mass is 10.2. The summed E-state index contributed by atoms with van der Waals surface area (Å²) in [6.45, 7) is 3.80. The summed E-state index contributed by atoms with van der Waals surface area (Å²) in [5, 5.41) is 13.1. The summed E-state index contributed by atoms with van der Waals surface area (Å²) < 4.78 is 8.09. The van der Waals surface area contributed by atoms with E-state index in [0.717, 1.165) is 36.6 Å². The largest absolute Gasteiger partial charge is 0.394 e. The van der Waals surface area contributed by atoms with E-state index in [1.165, 1.54) is 5.56 Å². The lowest BCUT2D eigenvalue weighted by Crippen LogP contribution is -2.46. The molecular formula is C21H29N7O2. The maximum atomic E-state index is 9.77. The van der Waals surface area contributed by atoms with Crippen LogP contribution in [0.4, 0.5) is 5.82 Å². The van der Waals surface area contributed by atoms with Crippen molar-refractivity contribution in [2.75, 3.05) is 52.2 Å². The highest BCUT2D eigenvalue weighted by atomic mass is 16.5. The van der Waals surface area contributed by atoms with E-state index in [0.29, 0.717) is 13.1 Å². The van der Waals surface area contributed by atoms with Crippen LogP contribution in [-0.4, -0.2) is 87.4 Å². The van der Waals surface area contributed by atoms with Crippen molar-refractivity contribution in [3.63, 3.8) is 0 Å². The van der Waals surface area contributed by atoms with Crippen molar-refractivity contribution in [2.45, 2.75) is 18.9 Å². The predicted molar refractivity (Wildman–Crippen MR) is 115 cm³/mol. The number of aliphatic hydroxyl groups is 1. The minimum Gasteiger partial charge on any atom is -0.394 e. The highest BCUT2D eigenvalue weighted by molar-refractivity contribution is 5.82. The van der Waals surface area contributed by atoms with Crippen LogP contribution in [0.1, 0.15) is 11.8 Å². The van der Waals surface area contributed by atoms with Gasteiger partial charge in [0.05, 0.1) is 19.0 Å². The fourth-order valence-corrected chi connectivity index (χ4v) is 3.71. The molecule has 9 heteroatoms. The molecule has 0 unspecified atom stereocenters. The molecule has 1 aliphatic heterocycles. The zero-order chi connectivity index (χ0) is 20.9. The van der Waals surface area contributed by atoms with E-state index in [4.69, 9.17) is 4.74 Å². The molecule has 30 heavy (non-hydrogen) atoms. The first-order valence-corrected chi connectivity index (χ1v) is 10.2. The van der Waals surface area contributed by atoms with E-state index in [-0.39, 0.29) is 18.9 Å². The van der Waals surface area contributed by atoms with E-state index in [9.17, 15) is 5.11 Å². The molecular weight excluding hydrogens is 382 g/mol. The molecule has 2 aromatic heterocycles. The third-order valence-corrected chi connectivity index (χ3v) is 5.20. The van der Waals surface area contributed by atoms with Crippen LogP contribution >= 0.6 is 0 Å². The summed E-state index contributed by atoms with van der Waals surface area (Å²) >= 11 is 0. The molecule has 2 atom stereocenters. The van der Waals surface area contributed by atoms with Gasteiger partial charge in [-0.1, -0.05) is 30.3 Å². The third-order valence-electron chi connectivity index (χ3n) is 5.20. The summed E-state index contributed by atoms with van der Waals surface area (Å²) in [6, 6.07) is 10.3. The van der Waals surface area contributed by atoms with Crippen molar-refractivity contribution in [3.05, 3.63) is 48.5 Å². The van der Waals surface area contributed by atoms with E-state index in [1.54, 1.807) is 12.7 Å². The number of imidazole rings is 1. The fraction of sp³-hybridized carbons (Fsp3) is 0.476. The average molecular weight is 412 g/mol. The van der Waals surface area contributed by atoms with Gasteiger partial charge < -0.3 is 20.1 Å². The highest BCUT2D eigenvalue weighted by Crippen LogP contribution is 2.26. The standard InChI is InChI=1S/C21H29N7O2/c1-26(2)9-8-22-20-19-21(24-14-23-20)28(15-25-19)18-12-27(11-17(13-29)30-18)10-16-6-4-3-5-7-16/h3-7,14-15,17-18,29H,8-13H2,1-2H3,(H,22,23,24)/t17-,18+/m0/s1. The van der Waals surface area contributed by atoms with Crippen molar-refractivity contribution in [2.24, 2.45) is 0 Å². The smallest absolute Gasteiger partial charge is 0.167 e. The van der Waals surface area contributed by atoms with Crippen LogP contribution in [0.5, 0.6) is 0 Å². The van der Waals surface area contributed by atoms with E-state index in [2.05, 4.69) is 42.2 Å². The van der Waals surface area contributed by atoms with Gasteiger partial charge in [0, 0.05) is 32.7 Å². The minimum absolute atomic E-state index is 0.0270. The van der Waals surface area contributed by atoms with Gasteiger partial charge in [-0.15, -0.1) is 0 Å². The van der Waals surface area contributed by atoms with Crippen LogP contribution in [0.15, 0.2) is 43.0 Å². The molecule has 0 spiro atoms. The van der Waals surface area contributed by atoms with Gasteiger partial charge in [0.25, 0.3) is 0 Å². The van der Waals surface area contributed by atoms with Crippen molar-refractivity contribution in [1.29, 1.82) is 0 Å². The number of benzene rings is 1. The molecule has 1 aliphatic rings. The van der Waals surface area contributed by atoms with Crippen LogP contribution in [-0.2, 0) is 11.3 Å². The van der Waals surface area contributed by atoms with Crippen LogP contribution in [0.25, 0.3) is 11.2 Å². The molecule has 0 radical (unpaired) electrons. The SMILES string of the molecule is CN(C)CCNc1ncnc2c1ncn2[C@H]1CN(Cc2ccccc2)C[C@@H](CO)O1. The average Bonchev–Trinajstić information content (AvgIpc) is 3.19. The van der Waals surface area contributed by atoms with Gasteiger partial charge in [-0.25, -0.2) is 15.0 Å². The van der Waals surface area contributed by atoms with E-state index < -0.39 is 0 Å². The lowest BCUT2D eigenvalue weighted by Gasteiger charge is -2.37. The Balaban J connectivity index is 1.54. The van der Waals surface area contributed by atoms with Gasteiger partial charge in [-0.2, -0.15) is 0 Å². The molecule has 0 amide bonds. The topological polar surface area (TPSA) is 91.6 Å². The normalized spacial score (nSPS) is 20.1. The lowest BCUT2D eigenvalue weighted by molar-refractivity contribution is -0.135. The first-order chi connectivity index (χ1) is 14.6. The number of fused-ring (bicyclic) bond motifs is 1. The second kappa shape index (κ2) is 9.48. The zero-order valence-corrected chi connectivity index (χ0v) is 17.5. The van der Waals surface area contributed by atoms with Gasteiger partial charge in [-0.3, -0.25) is 9.47 Å². The number of hydrogen-bond donors (Lipinski definition) is 2. The number of anilines is 1. The van der Waals surface area contributed by atoms with E-state index in [1.807, 2.05) is 36.9 Å². The molecule has 1 saturated heterocycles. The second-order valence-electron chi connectivity index (χ2n) is 7.85. The Morgan fingerprint density at radius 3 is 2.77 bits per heavy atom. The highest BCUT2D eigenvalue weighted by Gasteiger charge is 2.30. The Morgan fingerprint density at radius 2 is 2.00 bits per heavy atom. The number of nitrogens with one attached hydrogen (secondary N) is 1. The Morgan fingerprint density at radius 1 is 1.17 bits per heavy atom. The first kappa shape index (κ1) is 20.7. The van der Waals surface area contributed by atoms with Crippen molar-refractivity contribution < 1.29 is 9.84 Å². The van der Waals surface area contributed by atoms with Crippen LogP contribution in [0, 0.1) is 0 Å². The number of likely N-dealkylation sites (N-methyl/N-ethyl adjacent to an activating group) is 1. The Labute approximate surface area is 176 Å². The van der Waals surface area contributed by atoms with Gasteiger partial charge in [-0.05, 0) is 19.7 Å². The number of aliphatic hydroxyl groups excluding tert-OH is 1. The quantitative estimate of drug-likeness (QED) is 0.571. The van der Waals surface area contributed by atoms with Crippen molar-refractivity contribution in [1.82, 2.24) is 29.3 Å². The van der Waals surface area contributed by atoms with Gasteiger partial charge in [0.2, 0.25) is 0 Å². The number of hydrogen-bond acceptors (Lipinski definition) is 8. The van der Waals surface area contributed by atoms with Crippen molar-refractivity contribution in [3.8, 4) is 0 Å². The summed E-state index contributed by atoms with van der Waals surface area (Å²) in [7, 11) is 4.07. The minimum atomic E-state index is -0.283. The van der Waals surface area contributed by atoms with Gasteiger partial charge in [0.15, 0.2) is 17.0 Å². The molecule has 1 aromatic carbocycles. The molecule has 3 aromatic rings. The molecule has 4 rings (SSSR count). The summed E-state index contributed by atoms with van der Waals surface area (Å²) in [4.78, 5) is 17.8. The monoisotopic (exact) mass is 411 g/mol. The fourth-order valence-electron chi connectivity index (χ4n) is 3.71. The second-order valence-corrected chi connectivity index (χ2v) is 7.85. The number of ether oxygens (including phenoxy) is 1. The molecule has 9 nitrogen and oxygen atoms in total. The zero-order valence-electron chi connectivity index (χ0n) is 17.5. The molecule has 160 valence electrons. The third kappa shape index (κ3) is 4.76. The molecule has 1 fully saturated rings. The molecule has 0 saturated carbocycles. The molecule has 3 heterocycles. The number of morpholine rings is 1. The predicted octanol–water partition coefficient (Wildman–Crippen LogP) is 1.19. The van der Waals surface area contributed by atoms with Gasteiger partial charge in [0.1, 0.15) is 12.6 Å². The van der Waals surface area contributed by atoms with Crippen LogP contribution in [0.2, 0.25) is 0 Å². The Kier molecular flexibility index (Phi) is 6.53. The van der Waals surface area contributed by atoms with Crippen LogP contribution < -0.4 is 5.32 Å². The molecule has 0 aliphatic carbocycles. The maximum Gasteiger partial charge on any atom is 0.167 e.